The predicted octanol–water partition coefficient (Wildman–Crippen LogP) is 5.42. The van der Waals surface area contributed by atoms with Crippen LogP contribution in [0.1, 0.15) is 51.5 Å². The fourth-order valence-corrected chi connectivity index (χ4v) is 5.67. The minimum atomic E-state index is -0.403. The minimum Gasteiger partial charge on any atom is -0.465 e. The number of aromatic nitrogens is 2. The summed E-state index contributed by atoms with van der Waals surface area (Å²) in [4.78, 5) is 31.7. The Hall–Kier alpha value is -4.57. The van der Waals surface area contributed by atoms with Gasteiger partial charge in [0.15, 0.2) is 5.11 Å². The van der Waals surface area contributed by atoms with Gasteiger partial charge >= 0.3 is 5.97 Å². The van der Waals surface area contributed by atoms with Crippen molar-refractivity contribution in [2.24, 2.45) is 0 Å². The number of benzene rings is 2. The number of ether oxygens (including phenoxy) is 1. The highest BCUT2D eigenvalue weighted by molar-refractivity contribution is 7.80. The Morgan fingerprint density at radius 3 is 2.56 bits per heavy atom. The lowest BCUT2D eigenvalue weighted by Gasteiger charge is -2.28. The summed E-state index contributed by atoms with van der Waals surface area (Å²) >= 11 is 5.78. The van der Waals surface area contributed by atoms with Gasteiger partial charge in [-0.3, -0.25) is 9.78 Å². The zero-order valence-corrected chi connectivity index (χ0v) is 23.7. The highest BCUT2D eigenvalue weighted by Gasteiger charge is 2.41. The smallest absolute Gasteiger partial charge is 0.337 e. The lowest BCUT2D eigenvalue weighted by Crippen LogP contribution is -2.32. The first-order chi connectivity index (χ1) is 19.8. The fraction of sp³-hybridized carbons (Fsp3) is 0.226. The molecule has 2 aromatic carbocycles. The van der Waals surface area contributed by atoms with Crippen LogP contribution < -0.4 is 10.6 Å². The number of methoxy groups -OCH3 is 1. The zero-order chi connectivity index (χ0) is 29.1. The van der Waals surface area contributed by atoms with Crippen molar-refractivity contribution in [3.8, 4) is 5.69 Å². The van der Waals surface area contributed by atoms with Crippen molar-refractivity contribution in [2.75, 3.05) is 19.0 Å². The van der Waals surface area contributed by atoms with Gasteiger partial charge in [-0.25, -0.2) is 9.18 Å². The van der Waals surface area contributed by atoms with E-state index in [0.717, 1.165) is 28.3 Å². The van der Waals surface area contributed by atoms with Crippen molar-refractivity contribution in [3.05, 3.63) is 113 Å². The van der Waals surface area contributed by atoms with Crippen LogP contribution in [0.3, 0.4) is 0 Å². The molecule has 5 rings (SSSR count). The number of hydrogen-bond donors (Lipinski definition) is 2. The average Bonchev–Trinajstić information content (AvgIpc) is 3.47. The molecule has 8 nitrogen and oxygen atoms in total. The van der Waals surface area contributed by atoms with Gasteiger partial charge in [-0.2, -0.15) is 0 Å². The third-order valence-electron chi connectivity index (χ3n) is 7.22. The van der Waals surface area contributed by atoms with Gasteiger partial charge in [0.25, 0.3) is 0 Å². The molecule has 1 amide bonds. The van der Waals surface area contributed by atoms with Gasteiger partial charge in [0.2, 0.25) is 5.91 Å². The third kappa shape index (κ3) is 5.83. The summed E-state index contributed by atoms with van der Waals surface area (Å²) in [5, 5.41) is 6.77. The first-order valence-corrected chi connectivity index (χ1v) is 13.6. The second-order valence-electron chi connectivity index (χ2n) is 9.83. The molecule has 2 aromatic heterocycles. The number of thiocarbonyl (C=S) groups is 1. The molecule has 1 aliphatic heterocycles. The van der Waals surface area contributed by atoms with Gasteiger partial charge in [0.05, 0.1) is 30.5 Å². The summed E-state index contributed by atoms with van der Waals surface area (Å²) in [6.45, 7) is 4.40. The summed E-state index contributed by atoms with van der Waals surface area (Å²) < 4.78 is 20.3. The topological polar surface area (TPSA) is 88.5 Å². The molecule has 0 unspecified atom stereocenters. The molecule has 10 heteroatoms. The Morgan fingerprint density at radius 2 is 1.85 bits per heavy atom. The molecule has 41 heavy (non-hydrogen) atoms. The number of nitrogens with zero attached hydrogens (tertiary/aromatic N) is 3. The lowest BCUT2D eigenvalue weighted by atomic mass is 9.96. The van der Waals surface area contributed by atoms with E-state index in [9.17, 15) is 14.0 Å². The Bertz CT molecular complexity index is 1590. The molecule has 0 spiro atoms. The summed E-state index contributed by atoms with van der Waals surface area (Å²) in [5.74, 6) is -0.973. The number of anilines is 1. The van der Waals surface area contributed by atoms with E-state index in [2.05, 4.69) is 26.3 Å². The van der Waals surface area contributed by atoms with E-state index in [1.54, 1.807) is 18.3 Å². The molecule has 1 fully saturated rings. The van der Waals surface area contributed by atoms with Crippen LogP contribution in [0, 0.1) is 19.7 Å². The first kappa shape index (κ1) is 28.0. The Labute approximate surface area is 243 Å². The highest BCUT2D eigenvalue weighted by atomic mass is 32.1. The summed E-state index contributed by atoms with van der Waals surface area (Å²) in [7, 11) is 1.36. The molecule has 0 bridgehead atoms. The molecular formula is C31H30FN5O3S. The third-order valence-corrected chi connectivity index (χ3v) is 7.57. The van der Waals surface area contributed by atoms with E-state index in [-0.39, 0.29) is 30.2 Å². The Kier molecular flexibility index (Phi) is 8.11. The van der Waals surface area contributed by atoms with Gasteiger partial charge in [-0.15, -0.1) is 0 Å². The standard InChI is InChI=1S/C31H30FN5O3S/c1-19-17-25(20(2)37(19)24-8-6-7-21(18-24)30(39)40-3)29-28(26-9-4-5-15-33-26)35-31(41)36(29)16-14-27(38)34-23-12-10-22(32)11-13-23/h4-13,15,17-18,28-29H,14,16H2,1-3H3,(H,34,38)(H,35,41)/t28-,29-/m1/s1. The van der Waals surface area contributed by atoms with Crippen molar-refractivity contribution < 1.29 is 18.7 Å². The zero-order valence-electron chi connectivity index (χ0n) is 22.9. The van der Waals surface area contributed by atoms with Gasteiger partial charge in [0, 0.05) is 41.9 Å². The quantitative estimate of drug-likeness (QED) is 0.216. The molecule has 1 aliphatic rings. The number of amides is 1. The number of hydrogen-bond acceptors (Lipinski definition) is 5. The largest absolute Gasteiger partial charge is 0.465 e. The molecule has 2 atom stereocenters. The van der Waals surface area contributed by atoms with Crippen LogP contribution >= 0.6 is 12.2 Å². The summed E-state index contributed by atoms with van der Waals surface area (Å²) in [6, 6.07) is 20.3. The van der Waals surface area contributed by atoms with Gasteiger partial charge in [-0.05, 0) is 92.3 Å². The molecule has 0 radical (unpaired) electrons. The highest BCUT2D eigenvalue weighted by Crippen LogP contribution is 2.41. The molecule has 2 N–H and O–H groups in total. The number of nitrogens with one attached hydrogen (secondary N) is 2. The van der Waals surface area contributed by atoms with Gasteiger partial charge in [0.1, 0.15) is 5.82 Å². The fourth-order valence-electron chi connectivity index (χ4n) is 5.34. The summed E-state index contributed by atoms with van der Waals surface area (Å²) in [5.41, 5.74) is 5.63. The number of aryl methyl sites for hydroxylation is 1. The molecule has 0 aliphatic carbocycles. The van der Waals surface area contributed by atoms with E-state index >= 15 is 0 Å². The van der Waals surface area contributed by atoms with Crippen LogP contribution in [-0.4, -0.2) is 45.1 Å². The molecular weight excluding hydrogens is 541 g/mol. The average molecular weight is 572 g/mol. The molecule has 210 valence electrons. The van der Waals surface area contributed by atoms with Crippen molar-refractivity contribution in [1.29, 1.82) is 0 Å². The predicted molar refractivity (Wildman–Crippen MR) is 158 cm³/mol. The maximum Gasteiger partial charge on any atom is 0.337 e. The van der Waals surface area contributed by atoms with E-state index in [1.807, 2.05) is 49.1 Å². The van der Waals surface area contributed by atoms with Crippen molar-refractivity contribution in [2.45, 2.75) is 32.4 Å². The number of pyridine rings is 1. The number of carbonyl (C=O) groups is 2. The number of rotatable bonds is 8. The SMILES string of the molecule is COC(=O)c1cccc(-n2c(C)cc([C@@H]3[C@@H](c4ccccn4)NC(=S)N3CCC(=O)Nc3ccc(F)cc3)c2C)c1. The molecule has 3 heterocycles. The molecule has 0 saturated carbocycles. The number of carbonyl (C=O) groups excluding carboxylic acids is 2. The van der Waals surface area contributed by atoms with Crippen molar-refractivity contribution in [3.63, 3.8) is 0 Å². The number of esters is 1. The van der Waals surface area contributed by atoms with Crippen LogP contribution in [0.15, 0.2) is 79.0 Å². The van der Waals surface area contributed by atoms with E-state index in [4.69, 9.17) is 17.0 Å². The second-order valence-corrected chi connectivity index (χ2v) is 10.2. The second kappa shape index (κ2) is 11.9. The summed E-state index contributed by atoms with van der Waals surface area (Å²) in [6.07, 6.45) is 1.92. The maximum atomic E-state index is 13.3. The van der Waals surface area contributed by atoms with Crippen LogP contribution in [0.25, 0.3) is 5.69 Å². The maximum absolute atomic E-state index is 13.3. The molecule has 1 saturated heterocycles. The minimum absolute atomic E-state index is 0.171. The van der Waals surface area contributed by atoms with E-state index in [0.29, 0.717) is 22.9 Å². The number of halogens is 1. The van der Waals surface area contributed by atoms with Crippen LogP contribution in [0.5, 0.6) is 0 Å². The Balaban J connectivity index is 1.48. The van der Waals surface area contributed by atoms with Crippen molar-refractivity contribution in [1.82, 2.24) is 19.8 Å². The normalized spacial score (nSPS) is 16.4. The van der Waals surface area contributed by atoms with Crippen molar-refractivity contribution >= 4 is 34.9 Å². The Morgan fingerprint density at radius 1 is 1.07 bits per heavy atom. The van der Waals surface area contributed by atoms with Crippen LogP contribution in [0.2, 0.25) is 0 Å². The van der Waals surface area contributed by atoms with E-state index < -0.39 is 5.97 Å². The molecule has 4 aromatic rings. The first-order valence-electron chi connectivity index (χ1n) is 13.2. The van der Waals surface area contributed by atoms with Crippen LogP contribution in [-0.2, 0) is 9.53 Å². The monoisotopic (exact) mass is 571 g/mol. The van der Waals surface area contributed by atoms with Crippen LogP contribution in [0.4, 0.5) is 10.1 Å². The van der Waals surface area contributed by atoms with E-state index in [1.165, 1.54) is 31.4 Å². The van der Waals surface area contributed by atoms with Gasteiger partial charge in [-0.1, -0.05) is 12.1 Å². The van der Waals surface area contributed by atoms with Gasteiger partial charge < -0.3 is 24.8 Å². The lowest BCUT2D eigenvalue weighted by molar-refractivity contribution is -0.116.